The fourth-order valence-corrected chi connectivity index (χ4v) is 4.26. The summed E-state index contributed by atoms with van der Waals surface area (Å²) in [5.74, 6) is 0. The zero-order valence-corrected chi connectivity index (χ0v) is 15.7. The number of hydrogen-bond acceptors (Lipinski definition) is 4. The zero-order chi connectivity index (χ0) is 17.9. The number of urea groups is 1. The molecule has 0 spiro atoms. The summed E-state index contributed by atoms with van der Waals surface area (Å²) in [5.41, 5.74) is 8.40. The summed E-state index contributed by atoms with van der Waals surface area (Å²) >= 11 is 3.35. The van der Waals surface area contributed by atoms with Gasteiger partial charge in [-0.15, -0.1) is 11.8 Å². The Labute approximate surface area is 161 Å². The molecule has 0 atom stereocenters. The number of para-hydroxylation sites is 2. The van der Waals surface area contributed by atoms with Crippen LogP contribution in [0, 0.1) is 0 Å². The lowest BCUT2D eigenvalue weighted by Gasteiger charge is -2.31. The summed E-state index contributed by atoms with van der Waals surface area (Å²) in [7, 11) is 0. The van der Waals surface area contributed by atoms with E-state index in [1.807, 2.05) is 60.9 Å². The number of fused-ring (bicyclic) bond motifs is 2. The van der Waals surface area contributed by atoms with Crippen LogP contribution in [-0.2, 0) is 0 Å². The highest BCUT2D eigenvalue weighted by molar-refractivity contribution is 8.00. The highest BCUT2D eigenvalue weighted by Gasteiger charge is 2.28. The van der Waals surface area contributed by atoms with Gasteiger partial charge in [0.1, 0.15) is 0 Å². The summed E-state index contributed by atoms with van der Waals surface area (Å²) in [6.45, 7) is 0. The van der Waals surface area contributed by atoms with E-state index in [0.29, 0.717) is 0 Å². The fourth-order valence-electron chi connectivity index (χ4n) is 2.78. The third-order valence-electron chi connectivity index (χ3n) is 4.02. The molecule has 0 aliphatic carbocycles. The van der Waals surface area contributed by atoms with Crippen molar-refractivity contribution in [3.63, 3.8) is 0 Å². The van der Waals surface area contributed by atoms with E-state index in [1.54, 1.807) is 28.4 Å². The normalized spacial score (nSPS) is 12.1. The summed E-state index contributed by atoms with van der Waals surface area (Å²) in [5, 5.41) is 0. The van der Waals surface area contributed by atoms with Gasteiger partial charge >= 0.3 is 6.03 Å². The topological polar surface area (TPSA) is 44.4 Å². The van der Waals surface area contributed by atoms with E-state index in [-0.39, 0.29) is 6.03 Å². The van der Waals surface area contributed by atoms with E-state index in [0.717, 1.165) is 31.7 Å². The molecule has 0 bridgehead atoms. The quantitative estimate of drug-likeness (QED) is 0.449. The van der Waals surface area contributed by atoms with Gasteiger partial charge in [-0.25, -0.2) is 4.79 Å². The lowest BCUT2D eigenvalue weighted by molar-refractivity contribution is 0.250. The molecule has 4 nitrogen and oxygen atoms in total. The van der Waals surface area contributed by atoms with E-state index in [2.05, 4.69) is 29.1 Å². The predicted molar refractivity (Wildman–Crippen MR) is 110 cm³/mol. The molecule has 0 fully saturated rings. The molecule has 6 heteroatoms. The van der Waals surface area contributed by atoms with Crippen LogP contribution in [0.5, 0.6) is 0 Å². The van der Waals surface area contributed by atoms with E-state index in [4.69, 9.17) is 0 Å². The van der Waals surface area contributed by atoms with Gasteiger partial charge in [-0.1, -0.05) is 42.1 Å². The van der Waals surface area contributed by atoms with Gasteiger partial charge in [0, 0.05) is 14.7 Å². The van der Waals surface area contributed by atoms with Crippen molar-refractivity contribution in [1.29, 1.82) is 0 Å². The summed E-state index contributed by atoms with van der Waals surface area (Å²) in [4.78, 5) is 18.0. The van der Waals surface area contributed by atoms with Gasteiger partial charge in [0.25, 0.3) is 0 Å². The van der Waals surface area contributed by atoms with Crippen molar-refractivity contribution in [2.45, 2.75) is 14.7 Å². The Morgan fingerprint density at radius 3 is 2.46 bits per heavy atom. The second-order valence-electron chi connectivity index (χ2n) is 5.66. The van der Waals surface area contributed by atoms with Crippen LogP contribution in [0.15, 0.2) is 87.5 Å². The first-order valence-corrected chi connectivity index (χ1v) is 10.2. The van der Waals surface area contributed by atoms with Gasteiger partial charge in [0.05, 0.1) is 17.1 Å². The average Bonchev–Trinajstić information content (AvgIpc) is 2.70. The minimum atomic E-state index is -0.221. The standard InChI is InChI=1S/C20H17N3OS2/c1-25-15-11-12-19-17(13-15)23(16-9-5-6-10-18(16)26-19)20(24)22-21-14-7-3-2-4-8-14/h2-13,21H,1H3,(H,22,24). The molecule has 1 aliphatic heterocycles. The molecule has 0 radical (unpaired) electrons. The minimum absolute atomic E-state index is 0.221. The summed E-state index contributed by atoms with van der Waals surface area (Å²) < 4.78 is 0. The first-order valence-electron chi connectivity index (χ1n) is 8.12. The second kappa shape index (κ2) is 7.35. The molecule has 4 rings (SSSR count). The lowest BCUT2D eigenvalue weighted by Crippen LogP contribution is -2.41. The molecular weight excluding hydrogens is 362 g/mol. The minimum Gasteiger partial charge on any atom is -0.297 e. The van der Waals surface area contributed by atoms with Gasteiger partial charge < -0.3 is 0 Å². The predicted octanol–water partition coefficient (Wildman–Crippen LogP) is 5.75. The first kappa shape index (κ1) is 16.9. The fraction of sp³-hybridized carbons (Fsp3) is 0.0500. The Balaban J connectivity index is 1.68. The first-order chi connectivity index (χ1) is 12.8. The van der Waals surface area contributed by atoms with Crippen LogP contribution in [0.3, 0.4) is 0 Å². The largest absolute Gasteiger partial charge is 0.345 e. The van der Waals surface area contributed by atoms with Gasteiger partial charge in [0.15, 0.2) is 0 Å². The van der Waals surface area contributed by atoms with Crippen molar-refractivity contribution < 1.29 is 4.79 Å². The molecule has 0 aromatic heterocycles. The van der Waals surface area contributed by atoms with Crippen LogP contribution in [-0.4, -0.2) is 12.3 Å². The van der Waals surface area contributed by atoms with E-state index < -0.39 is 0 Å². The van der Waals surface area contributed by atoms with Gasteiger partial charge in [-0.3, -0.25) is 15.8 Å². The van der Waals surface area contributed by atoms with Gasteiger partial charge in [-0.05, 0) is 48.7 Å². The lowest BCUT2D eigenvalue weighted by atomic mass is 10.2. The monoisotopic (exact) mass is 379 g/mol. The van der Waals surface area contributed by atoms with Crippen molar-refractivity contribution in [3.8, 4) is 0 Å². The van der Waals surface area contributed by atoms with Gasteiger partial charge in [-0.2, -0.15) is 0 Å². The van der Waals surface area contributed by atoms with Crippen LogP contribution >= 0.6 is 23.5 Å². The molecule has 2 amide bonds. The molecule has 0 saturated heterocycles. The Morgan fingerprint density at radius 2 is 1.65 bits per heavy atom. The van der Waals surface area contributed by atoms with Crippen LogP contribution in [0.25, 0.3) is 0 Å². The van der Waals surface area contributed by atoms with Crippen molar-refractivity contribution >= 4 is 46.6 Å². The number of thioether (sulfide) groups is 1. The average molecular weight is 380 g/mol. The van der Waals surface area contributed by atoms with Crippen molar-refractivity contribution in [3.05, 3.63) is 72.8 Å². The van der Waals surface area contributed by atoms with Gasteiger partial charge in [0.2, 0.25) is 0 Å². The molecule has 26 heavy (non-hydrogen) atoms. The molecule has 1 aliphatic rings. The SMILES string of the molecule is CSc1ccc2c(c1)N(C(=O)NNc1ccccc1)c1ccccc1S2. The number of benzene rings is 3. The van der Waals surface area contributed by atoms with E-state index in [9.17, 15) is 4.79 Å². The number of amides is 2. The Hall–Kier alpha value is -2.57. The van der Waals surface area contributed by atoms with Crippen LogP contribution < -0.4 is 15.8 Å². The number of anilines is 3. The maximum atomic E-state index is 13.0. The molecule has 3 aromatic carbocycles. The van der Waals surface area contributed by atoms with E-state index >= 15 is 0 Å². The molecule has 2 N–H and O–H groups in total. The van der Waals surface area contributed by atoms with Crippen molar-refractivity contribution in [2.24, 2.45) is 0 Å². The van der Waals surface area contributed by atoms with Crippen LogP contribution in [0.2, 0.25) is 0 Å². The number of hydrazine groups is 1. The smallest absolute Gasteiger partial charge is 0.297 e. The molecule has 3 aromatic rings. The van der Waals surface area contributed by atoms with Crippen molar-refractivity contribution in [1.82, 2.24) is 5.43 Å². The number of hydrogen-bond donors (Lipinski definition) is 2. The highest BCUT2D eigenvalue weighted by Crippen LogP contribution is 2.48. The van der Waals surface area contributed by atoms with Crippen molar-refractivity contribution in [2.75, 3.05) is 16.6 Å². The Bertz CT molecular complexity index is 947. The Morgan fingerprint density at radius 1 is 0.923 bits per heavy atom. The van der Waals surface area contributed by atoms with Crippen LogP contribution in [0.4, 0.5) is 21.9 Å². The number of carbonyl (C=O) groups is 1. The molecule has 1 heterocycles. The third-order valence-corrected chi connectivity index (χ3v) is 5.88. The highest BCUT2D eigenvalue weighted by atomic mass is 32.2. The number of nitrogens with zero attached hydrogens (tertiary/aromatic N) is 1. The molecular formula is C20H17N3OS2. The second-order valence-corrected chi connectivity index (χ2v) is 7.62. The Kier molecular flexibility index (Phi) is 4.77. The van der Waals surface area contributed by atoms with E-state index in [1.165, 1.54) is 0 Å². The maximum absolute atomic E-state index is 13.0. The molecule has 130 valence electrons. The molecule has 0 unspecified atom stereocenters. The maximum Gasteiger partial charge on any atom is 0.345 e. The summed E-state index contributed by atoms with van der Waals surface area (Å²) in [6, 6.07) is 23.5. The number of rotatable bonds is 3. The molecule has 0 saturated carbocycles. The summed E-state index contributed by atoms with van der Waals surface area (Å²) in [6.07, 6.45) is 2.03. The number of nitrogens with one attached hydrogen (secondary N) is 2. The van der Waals surface area contributed by atoms with Crippen LogP contribution in [0.1, 0.15) is 0 Å². The zero-order valence-electron chi connectivity index (χ0n) is 14.1. The number of carbonyl (C=O) groups excluding carboxylic acids is 1. The third kappa shape index (κ3) is 3.25.